The molecule has 1 aliphatic rings. The molecule has 0 aromatic carbocycles. The van der Waals surface area contributed by atoms with Crippen LogP contribution < -0.4 is 5.32 Å². The minimum atomic E-state index is -1.24. The fourth-order valence-corrected chi connectivity index (χ4v) is 2.05. The highest BCUT2D eigenvalue weighted by Crippen LogP contribution is 2.24. The van der Waals surface area contributed by atoms with Crippen molar-refractivity contribution in [2.45, 2.75) is 12.8 Å². The van der Waals surface area contributed by atoms with Gasteiger partial charge in [-0.05, 0) is 18.8 Å². The smallest absolute Gasteiger partial charge is 0.337 e. The van der Waals surface area contributed by atoms with E-state index in [4.69, 9.17) is 9.84 Å². The van der Waals surface area contributed by atoms with Crippen molar-refractivity contribution in [2.24, 2.45) is 5.92 Å². The molecule has 0 radical (unpaired) electrons. The zero-order valence-electron chi connectivity index (χ0n) is 10.7. The SMILES string of the molecule is O=C(O)c1cnc(NCC2CCCOC2)c([N+](=O)[O-])c1. The van der Waals surface area contributed by atoms with Gasteiger partial charge in [-0.15, -0.1) is 0 Å². The summed E-state index contributed by atoms with van der Waals surface area (Å²) in [5, 5.41) is 22.7. The Labute approximate surface area is 114 Å². The van der Waals surface area contributed by atoms with Gasteiger partial charge in [0, 0.05) is 25.4 Å². The van der Waals surface area contributed by atoms with Crippen LogP contribution in [0.3, 0.4) is 0 Å². The number of carbonyl (C=O) groups is 1. The third-order valence-electron chi connectivity index (χ3n) is 3.12. The van der Waals surface area contributed by atoms with Gasteiger partial charge in [0.15, 0.2) is 0 Å². The van der Waals surface area contributed by atoms with E-state index in [1.54, 1.807) is 0 Å². The number of nitrogens with one attached hydrogen (secondary N) is 1. The molecule has 1 fully saturated rings. The van der Waals surface area contributed by atoms with E-state index < -0.39 is 10.9 Å². The lowest BCUT2D eigenvalue weighted by atomic mass is 10.0. The number of ether oxygens (including phenoxy) is 1. The van der Waals surface area contributed by atoms with Crippen molar-refractivity contribution in [1.82, 2.24) is 4.98 Å². The van der Waals surface area contributed by atoms with Crippen molar-refractivity contribution < 1.29 is 19.6 Å². The van der Waals surface area contributed by atoms with Crippen molar-refractivity contribution in [3.63, 3.8) is 0 Å². The molecule has 2 rings (SSSR count). The highest BCUT2D eigenvalue weighted by molar-refractivity contribution is 5.88. The molecule has 108 valence electrons. The average Bonchev–Trinajstić information content (AvgIpc) is 2.45. The molecule has 1 atom stereocenters. The summed E-state index contributed by atoms with van der Waals surface area (Å²) < 4.78 is 5.33. The largest absolute Gasteiger partial charge is 0.478 e. The zero-order chi connectivity index (χ0) is 14.5. The van der Waals surface area contributed by atoms with Gasteiger partial charge in [-0.2, -0.15) is 0 Å². The molecule has 0 spiro atoms. The number of aromatic carboxylic acids is 1. The second-order valence-corrected chi connectivity index (χ2v) is 4.62. The molecule has 2 heterocycles. The van der Waals surface area contributed by atoms with Crippen LogP contribution >= 0.6 is 0 Å². The molecular formula is C12H15N3O5. The normalized spacial score (nSPS) is 18.5. The second kappa shape index (κ2) is 6.29. The quantitative estimate of drug-likeness (QED) is 0.621. The minimum Gasteiger partial charge on any atom is -0.478 e. The average molecular weight is 281 g/mol. The fourth-order valence-electron chi connectivity index (χ4n) is 2.05. The van der Waals surface area contributed by atoms with E-state index in [1.807, 2.05) is 0 Å². The Balaban J connectivity index is 2.09. The molecule has 1 aliphatic heterocycles. The molecule has 20 heavy (non-hydrogen) atoms. The number of pyridine rings is 1. The molecule has 1 saturated heterocycles. The van der Waals surface area contributed by atoms with Crippen molar-refractivity contribution in [1.29, 1.82) is 0 Å². The van der Waals surface area contributed by atoms with E-state index in [0.717, 1.165) is 31.7 Å². The third-order valence-corrected chi connectivity index (χ3v) is 3.12. The highest BCUT2D eigenvalue weighted by Gasteiger charge is 2.20. The van der Waals surface area contributed by atoms with Crippen LogP contribution in [0, 0.1) is 16.0 Å². The van der Waals surface area contributed by atoms with Crippen LogP contribution in [-0.4, -0.2) is 40.7 Å². The summed E-state index contributed by atoms with van der Waals surface area (Å²) in [6.45, 7) is 1.89. The van der Waals surface area contributed by atoms with Gasteiger partial charge in [-0.3, -0.25) is 10.1 Å². The first kappa shape index (κ1) is 14.2. The summed E-state index contributed by atoms with van der Waals surface area (Å²) in [7, 11) is 0. The number of carboxylic acid groups (broad SMARTS) is 1. The van der Waals surface area contributed by atoms with E-state index >= 15 is 0 Å². The Morgan fingerprint density at radius 3 is 3.05 bits per heavy atom. The van der Waals surface area contributed by atoms with Crippen LogP contribution in [0.15, 0.2) is 12.3 Å². The van der Waals surface area contributed by atoms with Gasteiger partial charge < -0.3 is 15.2 Å². The number of anilines is 1. The lowest BCUT2D eigenvalue weighted by Crippen LogP contribution is -2.24. The standard InChI is InChI=1S/C12H15N3O5/c16-12(17)9-4-10(15(18)19)11(14-6-9)13-5-8-2-1-3-20-7-8/h4,6,8H,1-3,5,7H2,(H,13,14)(H,16,17). The summed E-state index contributed by atoms with van der Waals surface area (Å²) in [5.74, 6) is -0.872. The summed E-state index contributed by atoms with van der Waals surface area (Å²) in [6, 6.07) is 1.01. The first-order chi connectivity index (χ1) is 9.58. The van der Waals surface area contributed by atoms with Gasteiger partial charge >= 0.3 is 11.7 Å². The Hall–Kier alpha value is -2.22. The first-order valence-electron chi connectivity index (χ1n) is 6.27. The molecule has 0 saturated carbocycles. The summed E-state index contributed by atoms with van der Waals surface area (Å²) in [6.07, 6.45) is 3.07. The molecule has 1 aromatic heterocycles. The number of nitrogens with zero attached hydrogens (tertiary/aromatic N) is 2. The highest BCUT2D eigenvalue weighted by atomic mass is 16.6. The van der Waals surface area contributed by atoms with E-state index in [0.29, 0.717) is 13.2 Å². The lowest BCUT2D eigenvalue weighted by Gasteiger charge is -2.22. The predicted molar refractivity (Wildman–Crippen MR) is 69.9 cm³/mol. The van der Waals surface area contributed by atoms with Gasteiger partial charge in [-0.25, -0.2) is 9.78 Å². The maximum absolute atomic E-state index is 11.0. The molecule has 8 heteroatoms. The number of carboxylic acids is 1. The van der Waals surface area contributed by atoms with Crippen molar-refractivity contribution in [2.75, 3.05) is 25.1 Å². The van der Waals surface area contributed by atoms with Gasteiger partial charge in [0.1, 0.15) is 0 Å². The number of aromatic nitrogens is 1. The van der Waals surface area contributed by atoms with E-state index in [-0.39, 0.29) is 23.0 Å². The Bertz CT molecular complexity index is 514. The van der Waals surface area contributed by atoms with Gasteiger partial charge in [0.05, 0.1) is 17.1 Å². The summed E-state index contributed by atoms with van der Waals surface area (Å²) in [4.78, 5) is 24.9. The van der Waals surface area contributed by atoms with Crippen molar-refractivity contribution in [3.05, 3.63) is 27.9 Å². The van der Waals surface area contributed by atoms with E-state index in [1.165, 1.54) is 0 Å². The molecule has 0 bridgehead atoms. The van der Waals surface area contributed by atoms with E-state index in [9.17, 15) is 14.9 Å². The Morgan fingerprint density at radius 1 is 1.65 bits per heavy atom. The van der Waals surface area contributed by atoms with Crippen LogP contribution in [0.4, 0.5) is 11.5 Å². The van der Waals surface area contributed by atoms with Gasteiger partial charge in [0.2, 0.25) is 5.82 Å². The molecule has 1 unspecified atom stereocenters. The van der Waals surface area contributed by atoms with Gasteiger partial charge in [-0.1, -0.05) is 0 Å². The molecule has 0 aliphatic carbocycles. The summed E-state index contributed by atoms with van der Waals surface area (Å²) in [5.41, 5.74) is -0.537. The molecule has 8 nitrogen and oxygen atoms in total. The maximum atomic E-state index is 11.0. The zero-order valence-corrected chi connectivity index (χ0v) is 10.7. The molecule has 1 aromatic rings. The minimum absolute atomic E-state index is 0.0885. The van der Waals surface area contributed by atoms with Crippen LogP contribution in [-0.2, 0) is 4.74 Å². The Morgan fingerprint density at radius 2 is 2.45 bits per heavy atom. The number of nitro groups is 1. The van der Waals surface area contributed by atoms with Crippen molar-refractivity contribution in [3.8, 4) is 0 Å². The van der Waals surface area contributed by atoms with Crippen LogP contribution in [0.5, 0.6) is 0 Å². The predicted octanol–water partition coefficient (Wildman–Crippen LogP) is 1.53. The van der Waals surface area contributed by atoms with Gasteiger partial charge in [0.25, 0.3) is 0 Å². The topological polar surface area (TPSA) is 115 Å². The summed E-state index contributed by atoms with van der Waals surface area (Å²) >= 11 is 0. The lowest BCUT2D eigenvalue weighted by molar-refractivity contribution is -0.384. The first-order valence-corrected chi connectivity index (χ1v) is 6.27. The molecular weight excluding hydrogens is 266 g/mol. The van der Waals surface area contributed by atoms with Crippen molar-refractivity contribution >= 4 is 17.5 Å². The molecule has 2 N–H and O–H groups in total. The van der Waals surface area contributed by atoms with Crippen LogP contribution in [0.1, 0.15) is 23.2 Å². The number of rotatable bonds is 5. The Kier molecular flexibility index (Phi) is 4.46. The second-order valence-electron chi connectivity index (χ2n) is 4.62. The fraction of sp³-hybridized carbons (Fsp3) is 0.500. The third kappa shape index (κ3) is 3.41. The molecule has 0 amide bonds. The number of hydrogen-bond acceptors (Lipinski definition) is 6. The number of hydrogen-bond donors (Lipinski definition) is 2. The monoisotopic (exact) mass is 281 g/mol. The van der Waals surface area contributed by atoms with E-state index in [2.05, 4.69) is 10.3 Å². The maximum Gasteiger partial charge on any atom is 0.337 e. The van der Waals surface area contributed by atoms with Crippen LogP contribution in [0.25, 0.3) is 0 Å². The van der Waals surface area contributed by atoms with Crippen LogP contribution in [0.2, 0.25) is 0 Å².